The van der Waals surface area contributed by atoms with Crippen molar-refractivity contribution in [2.45, 2.75) is 19.1 Å². The van der Waals surface area contributed by atoms with Crippen molar-refractivity contribution in [3.05, 3.63) is 83.4 Å². The van der Waals surface area contributed by atoms with E-state index >= 15 is 0 Å². The van der Waals surface area contributed by atoms with Gasteiger partial charge in [0.25, 0.3) is 5.91 Å². The molecule has 3 aromatic carbocycles. The number of hydrogen-bond acceptors (Lipinski definition) is 3. The van der Waals surface area contributed by atoms with Gasteiger partial charge in [0, 0.05) is 18.1 Å². The summed E-state index contributed by atoms with van der Waals surface area (Å²) < 4.78 is 5.89. The summed E-state index contributed by atoms with van der Waals surface area (Å²) in [7, 11) is 0. The molecular formula is C23H20ClNO3. The van der Waals surface area contributed by atoms with E-state index in [0.29, 0.717) is 17.3 Å². The van der Waals surface area contributed by atoms with E-state index in [9.17, 15) is 9.90 Å². The van der Waals surface area contributed by atoms with Crippen molar-refractivity contribution in [3.63, 3.8) is 0 Å². The summed E-state index contributed by atoms with van der Waals surface area (Å²) in [6.45, 7) is 0.273. The Kier molecular flexibility index (Phi) is 5.33. The van der Waals surface area contributed by atoms with Crippen molar-refractivity contribution >= 4 is 23.2 Å². The van der Waals surface area contributed by atoms with Crippen LogP contribution in [0.1, 0.15) is 12.0 Å². The molecular weight excluding hydrogens is 374 g/mol. The van der Waals surface area contributed by atoms with Crippen LogP contribution in [-0.2, 0) is 11.3 Å². The number of hydrogen-bond donors (Lipinski definition) is 1. The second-order valence-electron chi connectivity index (χ2n) is 6.72. The van der Waals surface area contributed by atoms with E-state index < -0.39 is 6.10 Å². The van der Waals surface area contributed by atoms with Crippen LogP contribution in [0.15, 0.2) is 72.8 Å². The van der Waals surface area contributed by atoms with Gasteiger partial charge in [-0.3, -0.25) is 4.79 Å². The van der Waals surface area contributed by atoms with E-state index in [-0.39, 0.29) is 18.9 Å². The highest BCUT2D eigenvalue weighted by Gasteiger charge is 2.34. The van der Waals surface area contributed by atoms with Gasteiger partial charge in [0.1, 0.15) is 5.75 Å². The Morgan fingerprint density at radius 2 is 1.79 bits per heavy atom. The average molecular weight is 394 g/mol. The fourth-order valence-corrected chi connectivity index (χ4v) is 3.63. The SMILES string of the molecule is O=C1C(CCO)Oc2ccc(-c3ccccc3)cc2N1Cc1cccc(Cl)c1. The third kappa shape index (κ3) is 3.75. The predicted octanol–water partition coefficient (Wildman–Crippen LogP) is 4.68. The van der Waals surface area contributed by atoms with E-state index in [1.54, 1.807) is 4.90 Å². The van der Waals surface area contributed by atoms with Crippen molar-refractivity contribution in [2.24, 2.45) is 0 Å². The molecule has 0 spiro atoms. The number of fused-ring (bicyclic) bond motifs is 1. The standard InChI is InChI=1S/C23H20ClNO3/c24-19-8-4-5-16(13-19)15-25-20-14-18(17-6-2-1-3-7-17)9-10-21(20)28-22(11-12-26)23(25)27/h1-10,13-14,22,26H,11-12,15H2. The number of aliphatic hydroxyl groups is 1. The molecule has 0 aromatic heterocycles. The van der Waals surface area contributed by atoms with Crippen molar-refractivity contribution in [2.75, 3.05) is 11.5 Å². The Bertz CT molecular complexity index is 990. The van der Waals surface area contributed by atoms with Crippen molar-refractivity contribution in [3.8, 4) is 16.9 Å². The highest BCUT2D eigenvalue weighted by molar-refractivity contribution is 6.30. The Balaban J connectivity index is 1.75. The molecule has 1 aliphatic rings. The largest absolute Gasteiger partial charge is 0.478 e. The molecule has 0 fully saturated rings. The van der Waals surface area contributed by atoms with Gasteiger partial charge in [0.15, 0.2) is 6.10 Å². The van der Waals surface area contributed by atoms with E-state index in [2.05, 4.69) is 0 Å². The monoisotopic (exact) mass is 393 g/mol. The molecule has 1 atom stereocenters. The van der Waals surface area contributed by atoms with Gasteiger partial charge in [0.05, 0.1) is 12.2 Å². The van der Waals surface area contributed by atoms with Crippen molar-refractivity contribution in [1.29, 1.82) is 0 Å². The number of carbonyl (C=O) groups is 1. The van der Waals surface area contributed by atoms with Crippen LogP contribution in [0.3, 0.4) is 0 Å². The fraction of sp³-hybridized carbons (Fsp3) is 0.174. The first-order valence-electron chi connectivity index (χ1n) is 9.18. The molecule has 1 aliphatic heterocycles. The van der Waals surface area contributed by atoms with Gasteiger partial charge < -0.3 is 14.7 Å². The lowest BCUT2D eigenvalue weighted by atomic mass is 10.0. The van der Waals surface area contributed by atoms with Crippen LogP contribution >= 0.6 is 11.6 Å². The first-order valence-corrected chi connectivity index (χ1v) is 9.56. The minimum absolute atomic E-state index is 0.112. The number of anilines is 1. The van der Waals surface area contributed by atoms with Crippen LogP contribution in [0, 0.1) is 0 Å². The molecule has 1 amide bonds. The second-order valence-corrected chi connectivity index (χ2v) is 7.16. The third-order valence-electron chi connectivity index (χ3n) is 4.79. The molecule has 0 radical (unpaired) electrons. The maximum Gasteiger partial charge on any atom is 0.268 e. The summed E-state index contributed by atoms with van der Waals surface area (Å²) in [5.74, 6) is 0.478. The summed E-state index contributed by atoms with van der Waals surface area (Å²) in [5.41, 5.74) is 3.73. The Morgan fingerprint density at radius 3 is 2.54 bits per heavy atom. The Hall–Kier alpha value is -2.82. The van der Waals surface area contributed by atoms with Crippen LogP contribution in [0.2, 0.25) is 5.02 Å². The summed E-state index contributed by atoms with van der Waals surface area (Å²) in [4.78, 5) is 14.8. The summed E-state index contributed by atoms with van der Waals surface area (Å²) in [5, 5.41) is 9.95. The highest BCUT2D eigenvalue weighted by atomic mass is 35.5. The zero-order chi connectivity index (χ0) is 19.5. The van der Waals surface area contributed by atoms with Gasteiger partial charge in [-0.15, -0.1) is 0 Å². The predicted molar refractivity (Wildman–Crippen MR) is 111 cm³/mol. The summed E-state index contributed by atoms with van der Waals surface area (Å²) >= 11 is 6.12. The number of ether oxygens (including phenoxy) is 1. The molecule has 0 aliphatic carbocycles. The van der Waals surface area contributed by atoms with E-state index in [1.807, 2.05) is 72.8 Å². The van der Waals surface area contributed by atoms with Gasteiger partial charge >= 0.3 is 0 Å². The lowest BCUT2D eigenvalue weighted by Crippen LogP contribution is -2.45. The number of amides is 1. The molecule has 0 bridgehead atoms. The molecule has 3 aromatic rings. The van der Waals surface area contributed by atoms with E-state index in [0.717, 1.165) is 22.4 Å². The number of rotatable bonds is 5. The van der Waals surface area contributed by atoms with E-state index in [1.165, 1.54) is 0 Å². The molecule has 1 N–H and O–H groups in total. The first kappa shape index (κ1) is 18.5. The molecule has 0 saturated heterocycles. The normalized spacial score (nSPS) is 15.9. The minimum atomic E-state index is -0.695. The minimum Gasteiger partial charge on any atom is -0.478 e. The molecule has 1 unspecified atom stereocenters. The Labute approximate surface area is 168 Å². The number of aliphatic hydroxyl groups excluding tert-OH is 1. The molecule has 28 heavy (non-hydrogen) atoms. The molecule has 5 heteroatoms. The van der Waals surface area contributed by atoms with Crippen LogP contribution in [-0.4, -0.2) is 23.7 Å². The molecule has 142 valence electrons. The average Bonchev–Trinajstić information content (AvgIpc) is 2.72. The second kappa shape index (κ2) is 8.05. The fourth-order valence-electron chi connectivity index (χ4n) is 3.41. The molecule has 4 rings (SSSR count). The van der Waals surface area contributed by atoms with Crippen LogP contribution in [0.25, 0.3) is 11.1 Å². The van der Waals surface area contributed by atoms with Gasteiger partial charge in [0.2, 0.25) is 0 Å². The number of halogens is 1. The Morgan fingerprint density at radius 1 is 0.964 bits per heavy atom. The zero-order valence-electron chi connectivity index (χ0n) is 15.2. The lowest BCUT2D eigenvalue weighted by Gasteiger charge is -2.34. The van der Waals surface area contributed by atoms with Crippen LogP contribution in [0.5, 0.6) is 5.75 Å². The summed E-state index contributed by atoms with van der Waals surface area (Å²) in [6, 6.07) is 23.3. The van der Waals surface area contributed by atoms with Crippen LogP contribution in [0.4, 0.5) is 5.69 Å². The summed E-state index contributed by atoms with van der Waals surface area (Å²) in [6.07, 6.45) is -0.440. The van der Waals surface area contributed by atoms with Gasteiger partial charge in [-0.1, -0.05) is 60.1 Å². The number of nitrogens with zero attached hydrogens (tertiary/aromatic N) is 1. The maximum absolute atomic E-state index is 13.1. The van der Waals surface area contributed by atoms with Crippen molar-refractivity contribution < 1.29 is 14.6 Å². The number of carbonyl (C=O) groups excluding carboxylic acids is 1. The van der Waals surface area contributed by atoms with Gasteiger partial charge in [-0.2, -0.15) is 0 Å². The van der Waals surface area contributed by atoms with Gasteiger partial charge in [-0.05, 0) is 41.0 Å². The maximum atomic E-state index is 13.1. The smallest absolute Gasteiger partial charge is 0.268 e. The molecule has 1 heterocycles. The topological polar surface area (TPSA) is 49.8 Å². The van der Waals surface area contributed by atoms with Crippen LogP contribution < -0.4 is 9.64 Å². The zero-order valence-corrected chi connectivity index (χ0v) is 16.0. The molecule has 0 saturated carbocycles. The quantitative estimate of drug-likeness (QED) is 0.684. The lowest BCUT2D eigenvalue weighted by molar-refractivity contribution is -0.127. The third-order valence-corrected chi connectivity index (χ3v) is 5.02. The number of benzene rings is 3. The van der Waals surface area contributed by atoms with Crippen molar-refractivity contribution in [1.82, 2.24) is 0 Å². The van der Waals surface area contributed by atoms with Gasteiger partial charge in [-0.25, -0.2) is 0 Å². The highest BCUT2D eigenvalue weighted by Crippen LogP contribution is 2.39. The van der Waals surface area contributed by atoms with E-state index in [4.69, 9.17) is 16.3 Å². The first-order chi connectivity index (χ1) is 13.7. The molecule has 4 nitrogen and oxygen atoms in total.